The first kappa shape index (κ1) is 9.52. The van der Waals surface area contributed by atoms with Crippen LogP contribution in [0.15, 0.2) is 0 Å². The van der Waals surface area contributed by atoms with E-state index in [9.17, 15) is 4.79 Å². The van der Waals surface area contributed by atoms with Crippen LogP contribution in [0.3, 0.4) is 0 Å². The Balaban J connectivity index is 3.01. The molecule has 1 rings (SSSR count). The Morgan fingerprint density at radius 3 is 2.17 bits per heavy atom. The molecule has 0 aromatic carbocycles. The zero-order valence-electron chi connectivity index (χ0n) is 7.92. The summed E-state index contributed by atoms with van der Waals surface area (Å²) in [6.45, 7) is 5.68. The van der Waals surface area contributed by atoms with Crippen LogP contribution in [0, 0.1) is 10.8 Å². The molecule has 0 spiro atoms. The molecule has 1 saturated carbocycles. The predicted molar refractivity (Wildman–Crippen MR) is 46.7 cm³/mol. The number of carboxylic acids is 1. The van der Waals surface area contributed by atoms with Crippen molar-refractivity contribution in [1.29, 1.82) is 0 Å². The smallest absolute Gasteiger partial charge is 0.309 e. The summed E-state index contributed by atoms with van der Waals surface area (Å²) in [6, 6.07) is 0.0126. The first-order valence-electron chi connectivity index (χ1n) is 4.31. The van der Waals surface area contributed by atoms with Crippen LogP contribution < -0.4 is 5.73 Å². The second-order valence-corrected chi connectivity index (χ2v) is 4.50. The third-order valence-electron chi connectivity index (χ3n) is 3.78. The van der Waals surface area contributed by atoms with Crippen molar-refractivity contribution in [3.8, 4) is 0 Å². The largest absolute Gasteiger partial charge is 0.481 e. The van der Waals surface area contributed by atoms with Gasteiger partial charge in [-0.2, -0.15) is 0 Å². The normalized spacial score (nSPS) is 39.8. The van der Waals surface area contributed by atoms with E-state index in [2.05, 4.69) is 0 Å². The van der Waals surface area contributed by atoms with Gasteiger partial charge in [0, 0.05) is 6.04 Å². The minimum atomic E-state index is -0.722. The van der Waals surface area contributed by atoms with E-state index in [1.807, 2.05) is 13.8 Å². The third-order valence-corrected chi connectivity index (χ3v) is 3.78. The molecule has 0 aliphatic heterocycles. The maximum absolute atomic E-state index is 11.0. The van der Waals surface area contributed by atoms with Crippen molar-refractivity contribution < 1.29 is 9.90 Å². The Labute approximate surface area is 72.9 Å². The van der Waals surface area contributed by atoms with Crippen LogP contribution >= 0.6 is 0 Å². The molecule has 1 aliphatic carbocycles. The van der Waals surface area contributed by atoms with E-state index in [1.54, 1.807) is 6.92 Å². The summed E-state index contributed by atoms with van der Waals surface area (Å²) < 4.78 is 0. The van der Waals surface area contributed by atoms with Crippen LogP contribution in [-0.4, -0.2) is 17.1 Å². The minimum absolute atomic E-state index is 0.0126. The van der Waals surface area contributed by atoms with Gasteiger partial charge in [0.05, 0.1) is 5.41 Å². The summed E-state index contributed by atoms with van der Waals surface area (Å²) >= 11 is 0. The lowest BCUT2D eigenvalue weighted by atomic mass is 9.68. The first-order chi connectivity index (χ1) is 5.32. The van der Waals surface area contributed by atoms with Gasteiger partial charge < -0.3 is 10.8 Å². The number of rotatable bonds is 1. The molecule has 0 radical (unpaired) electrons. The lowest BCUT2D eigenvalue weighted by molar-refractivity contribution is -0.153. The van der Waals surface area contributed by atoms with Crippen LogP contribution in [-0.2, 0) is 4.79 Å². The van der Waals surface area contributed by atoms with Crippen molar-refractivity contribution in [2.45, 2.75) is 39.7 Å². The average molecular weight is 171 g/mol. The molecule has 0 unspecified atom stereocenters. The fourth-order valence-electron chi connectivity index (χ4n) is 1.92. The zero-order chi connectivity index (χ0) is 9.57. The van der Waals surface area contributed by atoms with Gasteiger partial charge in [0.25, 0.3) is 0 Å². The highest BCUT2D eigenvalue weighted by molar-refractivity contribution is 5.76. The summed E-state index contributed by atoms with van der Waals surface area (Å²) in [5.74, 6) is -0.722. The summed E-state index contributed by atoms with van der Waals surface area (Å²) in [5, 5.41) is 9.07. The molecule has 2 atom stereocenters. The van der Waals surface area contributed by atoms with E-state index in [0.717, 1.165) is 6.42 Å². The summed E-state index contributed by atoms with van der Waals surface area (Å²) in [6.07, 6.45) is 1.51. The van der Waals surface area contributed by atoms with Gasteiger partial charge in [-0.25, -0.2) is 0 Å². The fraction of sp³-hybridized carbons (Fsp3) is 0.889. The van der Waals surface area contributed by atoms with E-state index in [-0.39, 0.29) is 11.5 Å². The highest BCUT2D eigenvalue weighted by atomic mass is 16.4. The number of aliphatic carboxylic acids is 1. The van der Waals surface area contributed by atoms with Crippen LogP contribution in [0.4, 0.5) is 0 Å². The van der Waals surface area contributed by atoms with Gasteiger partial charge in [-0.3, -0.25) is 4.79 Å². The van der Waals surface area contributed by atoms with Gasteiger partial charge in [-0.05, 0) is 25.2 Å². The Bertz CT molecular complexity index is 213. The Hall–Kier alpha value is -0.570. The van der Waals surface area contributed by atoms with Crippen molar-refractivity contribution in [1.82, 2.24) is 0 Å². The Morgan fingerprint density at radius 2 is 2.00 bits per heavy atom. The highest BCUT2D eigenvalue weighted by Gasteiger charge is 2.54. The number of hydrogen-bond acceptors (Lipinski definition) is 2. The second kappa shape index (κ2) is 2.46. The number of nitrogens with two attached hydrogens (primary N) is 1. The number of carboxylic acid groups (broad SMARTS) is 1. The van der Waals surface area contributed by atoms with Crippen molar-refractivity contribution >= 4 is 5.97 Å². The molecule has 0 amide bonds. The molecule has 0 aromatic rings. The minimum Gasteiger partial charge on any atom is -0.481 e. The van der Waals surface area contributed by atoms with Crippen molar-refractivity contribution in [3.63, 3.8) is 0 Å². The van der Waals surface area contributed by atoms with Gasteiger partial charge in [-0.15, -0.1) is 0 Å². The van der Waals surface area contributed by atoms with Gasteiger partial charge in [0.15, 0.2) is 0 Å². The molecular weight excluding hydrogens is 154 g/mol. The topological polar surface area (TPSA) is 63.3 Å². The zero-order valence-corrected chi connectivity index (χ0v) is 7.92. The number of hydrogen-bond donors (Lipinski definition) is 2. The van der Waals surface area contributed by atoms with Crippen molar-refractivity contribution in [2.24, 2.45) is 16.6 Å². The Kier molecular flexibility index (Phi) is 1.95. The molecule has 1 aliphatic rings. The number of carbonyl (C=O) groups is 1. The van der Waals surface area contributed by atoms with E-state index in [0.29, 0.717) is 6.42 Å². The molecule has 0 aromatic heterocycles. The molecule has 0 saturated heterocycles. The maximum atomic E-state index is 11.0. The molecule has 70 valence electrons. The van der Waals surface area contributed by atoms with E-state index < -0.39 is 11.4 Å². The fourth-order valence-corrected chi connectivity index (χ4v) is 1.92. The summed E-state index contributed by atoms with van der Waals surface area (Å²) in [5.41, 5.74) is 4.92. The van der Waals surface area contributed by atoms with Gasteiger partial charge >= 0.3 is 5.97 Å². The predicted octanol–water partition coefficient (Wildman–Crippen LogP) is 1.22. The quantitative estimate of drug-likeness (QED) is 0.623. The molecule has 0 heterocycles. The van der Waals surface area contributed by atoms with E-state index in [4.69, 9.17) is 10.8 Å². The third kappa shape index (κ3) is 0.959. The SMILES string of the molecule is CC1(C)[C@@H](N)CC[C@@]1(C)C(=O)O. The van der Waals surface area contributed by atoms with Gasteiger partial charge in [-0.1, -0.05) is 13.8 Å². The lowest BCUT2D eigenvalue weighted by Gasteiger charge is -2.36. The molecule has 3 nitrogen and oxygen atoms in total. The van der Waals surface area contributed by atoms with Crippen molar-refractivity contribution in [3.05, 3.63) is 0 Å². The maximum Gasteiger partial charge on any atom is 0.309 e. The summed E-state index contributed by atoms with van der Waals surface area (Å²) in [7, 11) is 0. The average Bonchev–Trinajstić information content (AvgIpc) is 2.15. The molecule has 3 heteroatoms. The standard InChI is InChI=1S/C9H17NO2/c1-8(2)6(10)4-5-9(8,3)7(11)12/h6H,4-5,10H2,1-3H3,(H,11,12)/t6-,9-/m0/s1. The van der Waals surface area contributed by atoms with E-state index >= 15 is 0 Å². The first-order valence-corrected chi connectivity index (χ1v) is 4.31. The molecule has 12 heavy (non-hydrogen) atoms. The second-order valence-electron chi connectivity index (χ2n) is 4.50. The summed E-state index contributed by atoms with van der Waals surface area (Å²) in [4.78, 5) is 11.0. The monoisotopic (exact) mass is 171 g/mol. The molecule has 1 fully saturated rings. The Morgan fingerprint density at radius 1 is 1.50 bits per heavy atom. The molecule has 0 bridgehead atoms. The lowest BCUT2D eigenvalue weighted by Crippen LogP contribution is -2.45. The van der Waals surface area contributed by atoms with Crippen LogP contribution in [0.2, 0.25) is 0 Å². The van der Waals surface area contributed by atoms with Gasteiger partial charge in [0.1, 0.15) is 0 Å². The van der Waals surface area contributed by atoms with Crippen LogP contribution in [0.25, 0.3) is 0 Å². The van der Waals surface area contributed by atoms with Crippen LogP contribution in [0.5, 0.6) is 0 Å². The highest BCUT2D eigenvalue weighted by Crippen LogP contribution is 2.51. The molecule has 3 N–H and O–H groups in total. The van der Waals surface area contributed by atoms with Crippen LogP contribution in [0.1, 0.15) is 33.6 Å². The van der Waals surface area contributed by atoms with Crippen molar-refractivity contribution in [2.75, 3.05) is 0 Å². The van der Waals surface area contributed by atoms with E-state index in [1.165, 1.54) is 0 Å². The van der Waals surface area contributed by atoms with Gasteiger partial charge in [0.2, 0.25) is 0 Å². The molecular formula is C9H17NO2.